The number of alkyl halides is 1. The van der Waals surface area contributed by atoms with Crippen LogP contribution < -0.4 is 0 Å². The van der Waals surface area contributed by atoms with Crippen molar-refractivity contribution in [3.8, 4) is 0 Å². The zero-order valence-corrected chi connectivity index (χ0v) is 14.1. The molecule has 18 heavy (non-hydrogen) atoms. The van der Waals surface area contributed by atoms with E-state index in [1.165, 1.54) is 15.6 Å². The lowest BCUT2D eigenvalue weighted by Crippen LogP contribution is -2.36. The summed E-state index contributed by atoms with van der Waals surface area (Å²) in [7, 11) is -1.76. The monoisotopic (exact) mass is 327 g/mol. The van der Waals surface area contributed by atoms with E-state index in [0.717, 1.165) is 16.2 Å². The fourth-order valence-electron chi connectivity index (χ4n) is 1.47. The molecule has 0 aliphatic carbocycles. The van der Waals surface area contributed by atoms with Crippen molar-refractivity contribution >= 4 is 44.7 Å². The number of thioether (sulfide) groups is 1. The van der Waals surface area contributed by atoms with E-state index in [4.69, 9.17) is 11.6 Å². The minimum atomic E-state index is -3.39. The van der Waals surface area contributed by atoms with Crippen molar-refractivity contribution in [2.75, 3.05) is 19.1 Å². The molecule has 0 aliphatic rings. The fourth-order valence-corrected chi connectivity index (χ4v) is 5.63. The first-order chi connectivity index (χ1) is 8.34. The van der Waals surface area contributed by atoms with E-state index in [1.54, 1.807) is 24.9 Å². The SMILES string of the molecule is CSCC(C)N(C)S(=O)(=O)c1cc(C)c(CCl)s1. The highest BCUT2D eigenvalue weighted by Gasteiger charge is 2.27. The Morgan fingerprint density at radius 2 is 2.17 bits per heavy atom. The highest BCUT2D eigenvalue weighted by atomic mass is 35.5. The molecule has 1 aromatic rings. The van der Waals surface area contributed by atoms with E-state index in [-0.39, 0.29) is 6.04 Å². The molecule has 0 aliphatic heterocycles. The lowest BCUT2D eigenvalue weighted by Gasteiger charge is -2.22. The van der Waals surface area contributed by atoms with Gasteiger partial charge in [-0.3, -0.25) is 0 Å². The summed E-state index contributed by atoms with van der Waals surface area (Å²) >= 11 is 8.69. The first kappa shape index (κ1) is 16.3. The Hall–Kier alpha value is 0.250. The topological polar surface area (TPSA) is 37.4 Å². The molecule has 1 atom stereocenters. The number of hydrogen-bond donors (Lipinski definition) is 0. The quantitative estimate of drug-likeness (QED) is 0.753. The fraction of sp³-hybridized carbons (Fsp3) is 0.636. The summed E-state index contributed by atoms with van der Waals surface area (Å²) in [5.41, 5.74) is 0.944. The van der Waals surface area contributed by atoms with Crippen LogP contribution in [0.15, 0.2) is 10.3 Å². The highest BCUT2D eigenvalue weighted by molar-refractivity contribution is 7.98. The summed E-state index contributed by atoms with van der Waals surface area (Å²) in [6.07, 6.45) is 1.97. The van der Waals surface area contributed by atoms with Gasteiger partial charge in [0.25, 0.3) is 10.0 Å². The van der Waals surface area contributed by atoms with Crippen LogP contribution in [0.3, 0.4) is 0 Å². The average Bonchev–Trinajstić information content (AvgIpc) is 2.70. The Morgan fingerprint density at radius 3 is 2.61 bits per heavy atom. The zero-order chi connectivity index (χ0) is 13.9. The maximum absolute atomic E-state index is 12.4. The van der Waals surface area contributed by atoms with Crippen LogP contribution in [0, 0.1) is 6.92 Å². The second kappa shape index (κ2) is 6.61. The van der Waals surface area contributed by atoms with Gasteiger partial charge in [-0.25, -0.2) is 8.42 Å². The highest BCUT2D eigenvalue weighted by Crippen LogP contribution is 2.30. The van der Waals surface area contributed by atoms with Crippen molar-refractivity contribution in [1.29, 1.82) is 0 Å². The van der Waals surface area contributed by atoms with Crippen LogP contribution in [0.25, 0.3) is 0 Å². The number of thiophene rings is 1. The van der Waals surface area contributed by atoms with Gasteiger partial charge in [0.15, 0.2) is 0 Å². The summed E-state index contributed by atoms with van der Waals surface area (Å²) in [6, 6.07) is 1.69. The Labute approximate surface area is 123 Å². The van der Waals surface area contributed by atoms with Crippen LogP contribution in [0.4, 0.5) is 0 Å². The first-order valence-corrected chi connectivity index (χ1v) is 9.65. The number of aryl methyl sites for hydroxylation is 1. The average molecular weight is 328 g/mol. The van der Waals surface area contributed by atoms with Gasteiger partial charge in [0.05, 0.1) is 5.88 Å². The molecule has 7 heteroatoms. The van der Waals surface area contributed by atoms with Crippen LogP contribution in [-0.4, -0.2) is 37.8 Å². The smallest absolute Gasteiger partial charge is 0.206 e. The number of hydrogen-bond acceptors (Lipinski definition) is 4. The lowest BCUT2D eigenvalue weighted by atomic mass is 10.3. The predicted molar refractivity (Wildman–Crippen MR) is 81.4 cm³/mol. The van der Waals surface area contributed by atoms with Gasteiger partial charge in [-0.05, 0) is 31.7 Å². The van der Waals surface area contributed by atoms with Gasteiger partial charge in [-0.2, -0.15) is 16.1 Å². The maximum Gasteiger partial charge on any atom is 0.252 e. The van der Waals surface area contributed by atoms with E-state index in [0.29, 0.717) is 10.1 Å². The Morgan fingerprint density at radius 1 is 1.56 bits per heavy atom. The van der Waals surface area contributed by atoms with Gasteiger partial charge in [0, 0.05) is 23.7 Å². The van der Waals surface area contributed by atoms with Crippen LogP contribution in [0.2, 0.25) is 0 Å². The molecule has 1 rings (SSSR count). The second-order valence-corrected chi connectivity index (χ2v) is 8.67. The number of nitrogens with zero attached hydrogens (tertiary/aromatic N) is 1. The van der Waals surface area contributed by atoms with E-state index in [1.807, 2.05) is 20.1 Å². The summed E-state index contributed by atoms with van der Waals surface area (Å²) in [6.45, 7) is 3.80. The molecule has 3 nitrogen and oxygen atoms in total. The van der Waals surface area contributed by atoms with E-state index >= 15 is 0 Å². The molecule has 1 aromatic heterocycles. The molecule has 1 heterocycles. The van der Waals surface area contributed by atoms with Crippen LogP contribution in [0.1, 0.15) is 17.4 Å². The first-order valence-electron chi connectivity index (χ1n) is 5.46. The van der Waals surface area contributed by atoms with E-state index in [9.17, 15) is 8.42 Å². The molecule has 0 saturated carbocycles. The van der Waals surface area contributed by atoms with Crippen LogP contribution in [-0.2, 0) is 15.9 Å². The van der Waals surface area contributed by atoms with Crippen molar-refractivity contribution in [2.24, 2.45) is 0 Å². The lowest BCUT2D eigenvalue weighted by molar-refractivity contribution is 0.416. The molecule has 0 radical (unpaired) electrons. The van der Waals surface area contributed by atoms with Crippen molar-refractivity contribution in [3.63, 3.8) is 0 Å². The molecule has 0 saturated heterocycles. The van der Waals surface area contributed by atoms with Gasteiger partial charge in [0.2, 0.25) is 0 Å². The summed E-state index contributed by atoms with van der Waals surface area (Å²) in [5, 5.41) is 0. The van der Waals surface area contributed by atoms with Gasteiger partial charge < -0.3 is 0 Å². The standard InChI is InChI=1S/C11H18ClNO2S3/c1-8-5-11(17-10(8)6-12)18(14,15)13(3)9(2)7-16-4/h5,9H,6-7H2,1-4H3. The Kier molecular flexibility index (Phi) is 5.99. The molecule has 1 unspecified atom stereocenters. The molecular formula is C11H18ClNO2S3. The van der Waals surface area contributed by atoms with Gasteiger partial charge in [-0.15, -0.1) is 22.9 Å². The molecule has 0 bridgehead atoms. The third-order valence-corrected chi connectivity index (χ3v) is 7.68. The summed E-state index contributed by atoms with van der Waals surface area (Å²) < 4.78 is 26.6. The van der Waals surface area contributed by atoms with E-state index in [2.05, 4.69) is 0 Å². The van der Waals surface area contributed by atoms with Gasteiger partial charge >= 0.3 is 0 Å². The van der Waals surface area contributed by atoms with Gasteiger partial charge in [0.1, 0.15) is 4.21 Å². The summed E-state index contributed by atoms with van der Waals surface area (Å²) in [5.74, 6) is 1.14. The zero-order valence-electron chi connectivity index (χ0n) is 10.9. The van der Waals surface area contributed by atoms with Crippen molar-refractivity contribution in [3.05, 3.63) is 16.5 Å². The minimum Gasteiger partial charge on any atom is -0.206 e. The minimum absolute atomic E-state index is 0.0214. The van der Waals surface area contributed by atoms with E-state index < -0.39 is 10.0 Å². The Bertz CT molecular complexity index is 498. The molecule has 0 amide bonds. The van der Waals surface area contributed by atoms with Crippen LogP contribution >= 0.6 is 34.7 Å². The molecule has 0 aromatic carbocycles. The molecule has 0 N–H and O–H groups in total. The molecular weight excluding hydrogens is 310 g/mol. The number of halogens is 1. The predicted octanol–water partition coefficient (Wildman–Crippen LogP) is 3.17. The third kappa shape index (κ3) is 3.42. The van der Waals surface area contributed by atoms with Crippen molar-refractivity contribution in [2.45, 2.75) is 30.0 Å². The van der Waals surface area contributed by atoms with Crippen molar-refractivity contribution in [1.82, 2.24) is 4.31 Å². The maximum atomic E-state index is 12.4. The third-order valence-electron chi connectivity index (χ3n) is 2.78. The van der Waals surface area contributed by atoms with Crippen LogP contribution in [0.5, 0.6) is 0 Å². The van der Waals surface area contributed by atoms with Gasteiger partial charge in [-0.1, -0.05) is 0 Å². The largest absolute Gasteiger partial charge is 0.252 e. The second-order valence-electron chi connectivity index (χ2n) is 4.13. The summed E-state index contributed by atoms with van der Waals surface area (Å²) in [4.78, 5) is 0.918. The molecule has 0 spiro atoms. The number of sulfonamides is 1. The number of rotatable bonds is 6. The Balaban J connectivity index is 3.05. The molecule has 104 valence electrons. The molecule has 0 fully saturated rings. The normalized spacial score (nSPS) is 14.1. The van der Waals surface area contributed by atoms with Crippen molar-refractivity contribution < 1.29 is 8.42 Å².